The lowest BCUT2D eigenvalue weighted by molar-refractivity contribution is -0.112. The molecule has 2 N–H and O–H groups in total. The van der Waals surface area contributed by atoms with Crippen LogP contribution in [0.4, 0.5) is 5.69 Å². The summed E-state index contributed by atoms with van der Waals surface area (Å²) in [5, 5.41) is 5.98. The molecule has 5 nitrogen and oxygen atoms in total. The lowest BCUT2D eigenvalue weighted by atomic mass is 10.0. The van der Waals surface area contributed by atoms with Gasteiger partial charge in [-0.1, -0.05) is 0 Å². The molecule has 0 atom stereocenters. The minimum atomic E-state index is -0.0990. The van der Waals surface area contributed by atoms with E-state index in [1.807, 2.05) is 20.8 Å². The van der Waals surface area contributed by atoms with Crippen molar-refractivity contribution in [2.24, 2.45) is 0 Å². The number of carbonyl (C=O) groups is 1. The molecule has 0 aromatic carbocycles. The summed E-state index contributed by atoms with van der Waals surface area (Å²) in [6, 6.07) is 3.57. The number of carbonyl (C=O) groups excluding carboxylic acids is 1. The Morgan fingerprint density at radius 3 is 2.79 bits per heavy atom. The molecule has 1 aliphatic rings. The molecule has 5 heteroatoms. The zero-order valence-corrected chi connectivity index (χ0v) is 11.5. The molecule has 1 aromatic heterocycles. The summed E-state index contributed by atoms with van der Waals surface area (Å²) in [5.41, 5.74) is 2.51. The van der Waals surface area contributed by atoms with Crippen LogP contribution in [-0.4, -0.2) is 30.1 Å². The fourth-order valence-corrected chi connectivity index (χ4v) is 1.69. The molecular weight excluding hydrogens is 242 g/mol. The number of aromatic nitrogens is 1. The molecule has 0 unspecified atom stereocenters. The van der Waals surface area contributed by atoms with E-state index >= 15 is 0 Å². The van der Waals surface area contributed by atoms with Gasteiger partial charge in [0.25, 0.3) is 5.91 Å². The fourth-order valence-electron chi connectivity index (χ4n) is 1.69. The van der Waals surface area contributed by atoms with Crippen LogP contribution in [0.3, 0.4) is 0 Å². The molecule has 0 aliphatic carbocycles. The van der Waals surface area contributed by atoms with Gasteiger partial charge in [-0.2, -0.15) is 0 Å². The fraction of sp³-hybridized carbons (Fsp3) is 0.429. The SMILES string of the molecule is CC(C(=O)Nc1cccnc1OC(C)C)=C1CNC1. The highest BCUT2D eigenvalue weighted by Crippen LogP contribution is 2.22. The molecule has 0 spiro atoms. The number of pyridine rings is 1. The van der Waals surface area contributed by atoms with Gasteiger partial charge < -0.3 is 15.4 Å². The summed E-state index contributed by atoms with van der Waals surface area (Å²) in [4.78, 5) is 16.2. The van der Waals surface area contributed by atoms with E-state index in [2.05, 4.69) is 15.6 Å². The molecule has 0 radical (unpaired) electrons. The van der Waals surface area contributed by atoms with E-state index in [0.29, 0.717) is 11.6 Å². The zero-order chi connectivity index (χ0) is 13.8. The number of nitrogens with zero attached hydrogens (tertiary/aromatic N) is 1. The molecule has 1 fully saturated rings. The van der Waals surface area contributed by atoms with Crippen molar-refractivity contribution < 1.29 is 9.53 Å². The van der Waals surface area contributed by atoms with Gasteiger partial charge in [-0.15, -0.1) is 0 Å². The summed E-state index contributed by atoms with van der Waals surface area (Å²) in [7, 11) is 0. The maximum Gasteiger partial charge on any atom is 0.251 e. The van der Waals surface area contributed by atoms with Crippen LogP contribution in [0.1, 0.15) is 20.8 Å². The first-order chi connectivity index (χ1) is 9.08. The van der Waals surface area contributed by atoms with Crippen molar-refractivity contribution >= 4 is 11.6 Å². The number of amides is 1. The maximum absolute atomic E-state index is 12.1. The highest BCUT2D eigenvalue weighted by Gasteiger charge is 2.17. The average molecular weight is 261 g/mol. The highest BCUT2D eigenvalue weighted by molar-refractivity contribution is 6.04. The molecule has 2 heterocycles. The minimum Gasteiger partial charge on any atom is -0.473 e. The second-order valence-electron chi connectivity index (χ2n) is 4.81. The number of hydrogen-bond donors (Lipinski definition) is 2. The molecule has 1 aromatic rings. The van der Waals surface area contributed by atoms with Gasteiger partial charge >= 0.3 is 0 Å². The third-order valence-electron chi connectivity index (χ3n) is 2.91. The van der Waals surface area contributed by atoms with Gasteiger partial charge in [-0.25, -0.2) is 4.98 Å². The Kier molecular flexibility index (Phi) is 4.16. The van der Waals surface area contributed by atoms with Gasteiger partial charge in [-0.3, -0.25) is 4.79 Å². The lowest BCUT2D eigenvalue weighted by Crippen LogP contribution is -2.36. The van der Waals surface area contributed by atoms with Gasteiger partial charge in [0.05, 0.1) is 6.10 Å². The van der Waals surface area contributed by atoms with Crippen LogP contribution < -0.4 is 15.4 Å². The first-order valence-electron chi connectivity index (χ1n) is 6.40. The molecule has 0 saturated carbocycles. The van der Waals surface area contributed by atoms with Crippen LogP contribution in [0.2, 0.25) is 0 Å². The van der Waals surface area contributed by atoms with Crippen LogP contribution >= 0.6 is 0 Å². The molecule has 102 valence electrons. The van der Waals surface area contributed by atoms with E-state index in [1.54, 1.807) is 18.3 Å². The van der Waals surface area contributed by atoms with Gasteiger partial charge in [0, 0.05) is 24.9 Å². The zero-order valence-electron chi connectivity index (χ0n) is 11.5. The van der Waals surface area contributed by atoms with Gasteiger partial charge in [0.1, 0.15) is 5.69 Å². The van der Waals surface area contributed by atoms with E-state index in [-0.39, 0.29) is 12.0 Å². The van der Waals surface area contributed by atoms with Gasteiger partial charge in [-0.05, 0) is 38.5 Å². The first kappa shape index (κ1) is 13.5. The van der Waals surface area contributed by atoms with Crippen molar-refractivity contribution in [1.29, 1.82) is 0 Å². The van der Waals surface area contributed by atoms with Crippen LogP contribution in [0.25, 0.3) is 0 Å². The van der Waals surface area contributed by atoms with Crippen LogP contribution in [0.5, 0.6) is 5.88 Å². The Morgan fingerprint density at radius 2 is 2.21 bits per heavy atom. The van der Waals surface area contributed by atoms with Crippen molar-refractivity contribution in [3.05, 3.63) is 29.5 Å². The van der Waals surface area contributed by atoms with E-state index in [0.717, 1.165) is 24.2 Å². The predicted octanol–water partition coefficient (Wildman–Crippen LogP) is 1.73. The topological polar surface area (TPSA) is 63.2 Å². The molecule has 0 bridgehead atoms. The molecule has 1 saturated heterocycles. The molecule has 2 rings (SSSR count). The van der Waals surface area contributed by atoms with E-state index in [9.17, 15) is 4.79 Å². The van der Waals surface area contributed by atoms with E-state index in [1.165, 1.54) is 0 Å². The molecular formula is C14H19N3O2. The summed E-state index contributed by atoms with van der Waals surface area (Å²) < 4.78 is 5.57. The van der Waals surface area contributed by atoms with Gasteiger partial charge in [0.2, 0.25) is 5.88 Å². The number of hydrogen-bond acceptors (Lipinski definition) is 4. The van der Waals surface area contributed by atoms with Crippen LogP contribution in [-0.2, 0) is 4.79 Å². The number of nitrogens with one attached hydrogen (secondary N) is 2. The maximum atomic E-state index is 12.1. The van der Waals surface area contributed by atoms with Crippen molar-refractivity contribution in [1.82, 2.24) is 10.3 Å². The Bertz CT molecular complexity index is 503. The lowest BCUT2D eigenvalue weighted by Gasteiger charge is -2.21. The third-order valence-corrected chi connectivity index (χ3v) is 2.91. The third kappa shape index (κ3) is 3.32. The Morgan fingerprint density at radius 1 is 1.47 bits per heavy atom. The summed E-state index contributed by atoms with van der Waals surface area (Å²) >= 11 is 0. The molecule has 1 aliphatic heterocycles. The number of rotatable bonds is 4. The standard InChI is InChI=1S/C14H19N3O2/c1-9(2)19-14-12(5-4-6-16-14)17-13(18)10(3)11-7-15-8-11/h4-6,9,15H,7-8H2,1-3H3,(H,17,18). The second kappa shape index (κ2) is 5.84. The quantitative estimate of drug-likeness (QED) is 0.810. The predicted molar refractivity (Wildman–Crippen MR) is 74.2 cm³/mol. The smallest absolute Gasteiger partial charge is 0.251 e. The van der Waals surface area contributed by atoms with Crippen LogP contribution in [0.15, 0.2) is 29.5 Å². The summed E-state index contributed by atoms with van der Waals surface area (Å²) in [6.45, 7) is 7.27. The second-order valence-corrected chi connectivity index (χ2v) is 4.81. The Balaban J connectivity index is 2.12. The Labute approximate surface area is 113 Å². The van der Waals surface area contributed by atoms with Gasteiger partial charge in [0.15, 0.2) is 0 Å². The van der Waals surface area contributed by atoms with Crippen LogP contribution in [0, 0.1) is 0 Å². The minimum absolute atomic E-state index is 0.0147. The Hall–Kier alpha value is -1.88. The van der Waals surface area contributed by atoms with E-state index in [4.69, 9.17) is 4.74 Å². The highest BCUT2D eigenvalue weighted by atomic mass is 16.5. The summed E-state index contributed by atoms with van der Waals surface area (Å²) in [5.74, 6) is 0.355. The van der Waals surface area contributed by atoms with Crippen molar-refractivity contribution in [2.75, 3.05) is 18.4 Å². The molecule has 1 amide bonds. The monoisotopic (exact) mass is 261 g/mol. The summed E-state index contributed by atoms with van der Waals surface area (Å²) in [6.07, 6.45) is 1.66. The number of ether oxygens (including phenoxy) is 1. The molecule has 19 heavy (non-hydrogen) atoms. The van der Waals surface area contributed by atoms with E-state index < -0.39 is 0 Å². The average Bonchev–Trinajstić information content (AvgIpc) is 2.28. The normalized spacial score (nSPS) is 14.0. The number of anilines is 1. The van der Waals surface area contributed by atoms with Crippen molar-refractivity contribution in [3.8, 4) is 5.88 Å². The largest absolute Gasteiger partial charge is 0.473 e. The first-order valence-corrected chi connectivity index (χ1v) is 6.40. The van der Waals surface area contributed by atoms with Crippen molar-refractivity contribution in [2.45, 2.75) is 26.9 Å². The van der Waals surface area contributed by atoms with Crippen molar-refractivity contribution in [3.63, 3.8) is 0 Å².